The Bertz CT molecular complexity index is 1460. The molecule has 3 aromatic carbocycles. The van der Waals surface area contributed by atoms with Crippen LogP contribution < -0.4 is 9.44 Å². The number of amides is 1. The fourth-order valence-electron chi connectivity index (χ4n) is 3.48. The smallest absolute Gasteiger partial charge is 0.264 e. The second-order valence-corrected chi connectivity index (χ2v) is 12.0. The van der Waals surface area contributed by atoms with Crippen LogP contribution in [-0.2, 0) is 25.5 Å². The number of nitrogens with one attached hydrogen (secondary N) is 2. The Morgan fingerprint density at radius 1 is 0.657 bits per heavy atom. The molecule has 184 valence electrons. The first kappa shape index (κ1) is 26.3. The van der Waals surface area contributed by atoms with E-state index in [0.29, 0.717) is 5.56 Å². The predicted molar refractivity (Wildman–Crippen MR) is 132 cm³/mol. The minimum atomic E-state index is -4.13. The molecule has 0 aliphatic heterocycles. The molecule has 0 atom stereocenters. The van der Waals surface area contributed by atoms with Crippen LogP contribution in [0.1, 0.15) is 52.6 Å². The highest BCUT2D eigenvalue weighted by Crippen LogP contribution is 2.32. The summed E-state index contributed by atoms with van der Waals surface area (Å²) in [5, 5.41) is 0. The van der Waals surface area contributed by atoms with Gasteiger partial charge in [0.25, 0.3) is 15.9 Å². The van der Waals surface area contributed by atoms with Gasteiger partial charge in [0.15, 0.2) is 5.78 Å². The Hall–Kier alpha value is -3.34. The summed E-state index contributed by atoms with van der Waals surface area (Å²) in [7, 11) is -6.33. The summed E-state index contributed by atoms with van der Waals surface area (Å²) in [5.41, 5.74) is 1.62. The van der Waals surface area contributed by atoms with E-state index in [-0.39, 0.29) is 21.1 Å². The second-order valence-electron chi connectivity index (χ2n) is 8.45. The van der Waals surface area contributed by atoms with Gasteiger partial charge in [-0.3, -0.25) is 9.59 Å². The lowest BCUT2D eigenvalue weighted by molar-refractivity contribution is 0.0977. The summed E-state index contributed by atoms with van der Waals surface area (Å²) in [6.45, 7) is 5.27. The van der Waals surface area contributed by atoms with E-state index in [1.165, 1.54) is 62.5 Å². The summed E-state index contributed by atoms with van der Waals surface area (Å²) < 4.78 is 53.7. The van der Waals surface area contributed by atoms with Gasteiger partial charge in [0, 0.05) is 16.5 Å². The van der Waals surface area contributed by atoms with E-state index in [4.69, 9.17) is 0 Å². The molecule has 0 aromatic heterocycles. The number of Topliss-reactive ketones (excluding diaryl/α,β-unsaturated/α-hetero) is 1. The van der Waals surface area contributed by atoms with Gasteiger partial charge in [0.1, 0.15) is 0 Å². The third kappa shape index (κ3) is 5.67. The van der Waals surface area contributed by atoms with Crippen LogP contribution in [0.4, 0.5) is 0 Å². The van der Waals surface area contributed by atoms with E-state index in [2.05, 4.69) is 4.72 Å². The molecule has 2 N–H and O–H groups in total. The van der Waals surface area contributed by atoms with Crippen LogP contribution >= 0.6 is 0 Å². The Kier molecular flexibility index (Phi) is 7.30. The van der Waals surface area contributed by atoms with Gasteiger partial charge in [0.2, 0.25) is 10.0 Å². The van der Waals surface area contributed by atoms with Crippen LogP contribution in [-0.4, -0.2) is 35.6 Å². The second kappa shape index (κ2) is 9.73. The number of hydrogen-bond acceptors (Lipinski definition) is 6. The number of rotatable bonds is 8. The minimum absolute atomic E-state index is 0.0822. The molecular formula is C25H26N2O6S2. The highest BCUT2D eigenvalue weighted by molar-refractivity contribution is 7.90. The topological polar surface area (TPSA) is 126 Å². The molecule has 8 nitrogen and oxygen atoms in total. The van der Waals surface area contributed by atoms with E-state index < -0.39 is 31.4 Å². The number of carbonyl (C=O) groups is 2. The number of sulfonamides is 2. The van der Waals surface area contributed by atoms with E-state index in [1.54, 1.807) is 24.3 Å². The normalized spacial score (nSPS) is 12.2. The largest absolute Gasteiger partial charge is 0.295 e. The number of ketones is 1. The molecule has 0 saturated heterocycles. The Labute approximate surface area is 205 Å². The van der Waals surface area contributed by atoms with E-state index >= 15 is 0 Å². The first-order valence-corrected chi connectivity index (χ1v) is 13.6. The van der Waals surface area contributed by atoms with Crippen molar-refractivity contribution in [1.82, 2.24) is 9.44 Å². The summed E-state index contributed by atoms with van der Waals surface area (Å²) in [5.74, 6) is -0.965. The lowest BCUT2D eigenvalue weighted by Crippen LogP contribution is -2.30. The summed E-state index contributed by atoms with van der Waals surface area (Å²) in [6.07, 6.45) is 0. The minimum Gasteiger partial charge on any atom is -0.295 e. The van der Waals surface area contributed by atoms with Crippen molar-refractivity contribution < 1.29 is 26.4 Å². The van der Waals surface area contributed by atoms with Crippen LogP contribution in [0, 0.1) is 0 Å². The standard InChI is InChI=1S/C25H26N2O6S2/c1-17(28)18-5-7-19(8-6-18)24(29)27-35(32,33)23-15-11-21(12-16-23)25(2,3)20-9-13-22(14-10-20)34(30,31)26-4/h5-16,26H,1-4H3,(H,27,29). The van der Waals surface area contributed by atoms with Crippen LogP contribution in [0.25, 0.3) is 0 Å². The molecule has 35 heavy (non-hydrogen) atoms. The van der Waals surface area contributed by atoms with Crippen molar-refractivity contribution in [3.8, 4) is 0 Å². The number of hydrogen-bond donors (Lipinski definition) is 2. The van der Waals surface area contributed by atoms with Gasteiger partial charge < -0.3 is 0 Å². The van der Waals surface area contributed by atoms with Crippen molar-refractivity contribution in [3.05, 3.63) is 95.1 Å². The van der Waals surface area contributed by atoms with Crippen LogP contribution in [0.3, 0.4) is 0 Å². The van der Waals surface area contributed by atoms with E-state index in [9.17, 15) is 26.4 Å². The van der Waals surface area contributed by atoms with E-state index in [0.717, 1.165) is 11.1 Å². The molecule has 0 saturated carbocycles. The fraction of sp³-hybridized carbons (Fsp3) is 0.200. The Morgan fingerprint density at radius 2 is 1.06 bits per heavy atom. The van der Waals surface area contributed by atoms with Crippen molar-refractivity contribution in [2.75, 3.05) is 7.05 Å². The lowest BCUT2D eigenvalue weighted by atomic mass is 9.78. The number of benzene rings is 3. The van der Waals surface area contributed by atoms with Gasteiger partial charge in [-0.15, -0.1) is 0 Å². The first-order valence-electron chi connectivity index (χ1n) is 10.6. The van der Waals surface area contributed by atoms with Gasteiger partial charge >= 0.3 is 0 Å². The molecule has 3 rings (SSSR count). The average molecular weight is 515 g/mol. The zero-order valence-electron chi connectivity index (χ0n) is 19.7. The zero-order chi connectivity index (χ0) is 26.0. The SMILES string of the molecule is CNS(=O)(=O)c1ccc(C(C)(C)c2ccc(S(=O)(=O)NC(=O)c3ccc(C(C)=O)cc3)cc2)cc1. The Balaban J connectivity index is 1.80. The molecule has 0 spiro atoms. The highest BCUT2D eigenvalue weighted by atomic mass is 32.2. The zero-order valence-corrected chi connectivity index (χ0v) is 21.3. The Morgan fingerprint density at radius 3 is 1.46 bits per heavy atom. The predicted octanol–water partition coefficient (Wildman–Crippen LogP) is 3.24. The maximum atomic E-state index is 12.7. The molecule has 10 heteroatoms. The molecule has 0 bridgehead atoms. The maximum absolute atomic E-state index is 12.7. The lowest BCUT2D eigenvalue weighted by Gasteiger charge is -2.26. The third-order valence-electron chi connectivity index (χ3n) is 5.82. The molecule has 0 fully saturated rings. The van der Waals surface area contributed by atoms with Crippen molar-refractivity contribution in [1.29, 1.82) is 0 Å². The van der Waals surface area contributed by atoms with Crippen molar-refractivity contribution in [3.63, 3.8) is 0 Å². The van der Waals surface area contributed by atoms with Crippen LogP contribution in [0.15, 0.2) is 82.6 Å². The summed E-state index contributed by atoms with van der Waals surface area (Å²) >= 11 is 0. The maximum Gasteiger partial charge on any atom is 0.264 e. The summed E-state index contributed by atoms with van der Waals surface area (Å²) in [6, 6.07) is 18.3. The monoisotopic (exact) mass is 514 g/mol. The molecule has 0 heterocycles. The van der Waals surface area contributed by atoms with Crippen molar-refractivity contribution in [2.45, 2.75) is 36.0 Å². The third-order valence-corrected chi connectivity index (χ3v) is 8.60. The van der Waals surface area contributed by atoms with Gasteiger partial charge in [-0.2, -0.15) is 0 Å². The molecule has 0 radical (unpaired) electrons. The van der Waals surface area contributed by atoms with Crippen LogP contribution in [0.2, 0.25) is 0 Å². The highest BCUT2D eigenvalue weighted by Gasteiger charge is 2.25. The molecule has 0 unspecified atom stereocenters. The van der Waals surface area contributed by atoms with Crippen molar-refractivity contribution in [2.24, 2.45) is 0 Å². The molecular weight excluding hydrogens is 488 g/mol. The number of carbonyl (C=O) groups excluding carboxylic acids is 2. The van der Waals surface area contributed by atoms with Gasteiger partial charge in [-0.25, -0.2) is 26.3 Å². The molecule has 0 aliphatic rings. The first-order chi connectivity index (χ1) is 16.3. The fourth-order valence-corrected chi connectivity index (χ4v) is 5.19. The molecule has 3 aromatic rings. The van der Waals surface area contributed by atoms with Crippen LogP contribution in [0.5, 0.6) is 0 Å². The summed E-state index contributed by atoms with van der Waals surface area (Å²) in [4.78, 5) is 23.9. The van der Waals surface area contributed by atoms with Gasteiger partial charge in [-0.05, 0) is 61.5 Å². The average Bonchev–Trinajstić information content (AvgIpc) is 2.84. The molecule has 0 aliphatic carbocycles. The van der Waals surface area contributed by atoms with Crippen molar-refractivity contribution >= 4 is 31.7 Å². The molecule has 1 amide bonds. The van der Waals surface area contributed by atoms with E-state index in [1.807, 2.05) is 18.6 Å². The van der Waals surface area contributed by atoms with Gasteiger partial charge in [0.05, 0.1) is 9.79 Å². The van der Waals surface area contributed by atoms with Gasteiger partial charge in [-0.1, -0.05) is 50.2 Å². The quantitative estimate of drug-likeness (QED) is 0.445.